The van der Waals surface area contributed by atoms with Crippen molar-refractivity contribution in [1.29, 1.82) is 0 Å². The molecule has 0 amide bonds. The first kappa shape index (κ1) is 10.1. The zero-order valence-electron chi connectivity index (χ0n) is 8.35. The Morgan fingerprint density at radius 3 is 2.57 bits per heavy atom. The predicted molar refractivity (Wildman–Crippen MR) is 58.0 cm³/mol. The van der Waals surface area contributed by atoms with Gasteiger partial charge in [0.15, 0.2) is 0 Å². The molecule has 1 aliphatic carbocycles. The first-order valence-electron chi connectivity index (χ1n) is 4.95. The number of rotatable bonds is 2. The third-order valence-corrected chi connectivity index (χ3v) is 3.21. The first-order chi connectivity index (χ1) is 6.59. The van der Waals surface area contributed by atoms with Gasteiger partial charge in [0, 0.05) is 15.7 Å². The molecule has 14 heavy (non-hydrogen) atoms. The Bertz CT molecular complexity index is 335. The molecule has 0 spiro atoms. The third kappa shape index (κ3) is 1.83. The maximum atomic E-state index is 13.6. The standard InChI is InChI=1S/C11H13BrFN/c1-6(2)9-5-8(12)10(7-3-4-7)11(13)14-9/h5-7H,3-4H2,1-2H3. The second-order valence-electron chi connectivity index (χ2n) is 4.16. The van der Waals surface area contributed by atoms with Crippen LogP contribution in [0.25, 0.3) is 0 Å². The second kappa shape index (κ2) is 3.61. The van der Waals surface area contributed by atoms with Crippen molar-refractivity contribution >= 4 is 15.9 Å². The Balaban J connectivity index is 2.44. The van der Waals surface area contributed by atoms with Gasteiger partial charge in [-0.3, -0.25) is 0 Å². The van der Waals surface area contributed by atoms with E-state index in [-0.39, 0.29) is 11.9 Å². The summed E-state index contributed by atoms with van der Waals surface area (Å²) in [7, 11) is 0. The summed E-state index contributed by atoms with van der Waals surface area (Å²) in [6.07, 6.45) is 2.19. The van der Waals surface area contributed by atoms with Crippen LogP contribution in [0.2, 0.25) is 0 Å². The number of halogens is 2. The largest absolute Gasteiger partial charge is 0.224 e. The van der Waals surface area contributed by atoms with Gasteiger partial charge in [0.2, 0.25) is 5.95 Å². The zero-order chi connectivity index (χ0) is 10.3. The molecule has 0 bridgehead atoms. The number of aromatic nitrogens is 1. The molecule has 0 atom stereocenters. The lowest BCUT2D eigenvalue weighted by molar-refractivity contribution is 0.554. The summed E-state index contributed by atoms with van der Waals surface area (Å²) >= 11 is 3.43. The van der Waals surface area contributed by atoms with E-state index in [0.29, 0.717) is 5.92 Å². The van der Waals surface area contributed by atoms with Crippen LogP contribution in [0.4, 0.5) is 4.39 Å². The molecule has 0 radical (unpaired) electrons. The molecular formula is C11H13BrFN. The van der Waals surface area contributed by atoms with Crippen molar-refractivity contribution in [2.75, 3.05) is 0 Å². The van der Waals surface area contributed by atoms with Crippen LogP contribution in [0.1, 0.15) is 49.8 Å². The van der Waals surface area contributed by atoms with Crippen LogP contribution in [0.15, 0.2) is 10.5 Å². The Morgan fingerprint density at radius 1 is 1.50 bits per heavy atom. The van der Waals surface area contributed by atoms with E-state index >= 15 is 0 Å². The van der Waals surface area contributed by atoms with Crippen LogP contribution >= 0.6 is 15.9 Å². The average Bonchev–Trinajstić information content (AvgIpc) is 2.86. The molecule has 0 aromatic carbocycles. The highest BCUT2D eigenvalue weighted by Gasteiger charge is 2.29. The summed E-state index contributed by atoms with van der Waals surface area (Å²) in [6, 6.07) is 1.95. The minimum absolute atomic E-state index is 0.272. The summed E-state index contributed by atoms with van der Waals surface area (Å²) < 4.78 is 14.5. The van der Waals surface area contributed by atoms with Crippen molar-refractivity contribution < 1.29 is 4.39 Å². The fourth-order valence-electron chi connectivity index (χ4n) is 1.54. The highest BCUT2D eigenvalue weighted by Crippen LogP contribution is 2.44. The average molecular weight is 258 g/mol. The first-order valence-corrected chi connectivity index (χ1v) is 5.74. The lowest BCUT2D eigenvalue weighted by Gasteiger charge is -2.09. The van der Waals surface area contributed by atoms with Gasteiger partial charge in [-0.15, -0.1) is 0 Å². The molecule has 1 aromatic rings. The van der Waals surface area contributed by atoms with Crippen molar-refractivity contribution in [3.63, 3.8) is 0 Å². The normalized spacial score (nSPS) is 16.4. The van der Waals surface area contributed by atoms with Crippen molar-refractivity contribution in [3.8, 4) is 0 Å². The van der Waals surface area contributed by atoms with Crippen LogP contribution in [0.3, 0.4) is 0 Å². The van der Waals surface area contributed by atoms with E-state index in [1.807, 2.05) is 19.9 Å². The van der Waals surface area contributed by atoms with Crippen molar-refractivity contribution in [1.82, 2.24) is 4.98 Å². The van der Waals surface area contributed by atoms with Gasteiger partial charge in [-0.25, -0.2) is 4.98 Å². The lowest BCUT2D eigenvalue weighted by Crippen LogP contribution is -2.00. The van der Waals surface area contributed by atoms with E-state index in [2.05, 4.69) is 20.9 Å². The number of hydrogen-bond acceptors (Lipinski definition) is 1. The smallest absolute Gasteiger partial charge is 0.217 e. The van der Waals surface area contributed by atoms with Crippen LogP contribution in [-0.2, 0) is 0 Å². The summed E-state index contributed by atoms with van der Waals surface area (Å²) in [6.45, 7) is 4.04. The summed E-state index contributed by atoms with van der Waals surface area (Å²) in [5, 5.41) is 0. The molecule has 76 valence electrons. The van der Waals surface area contributed by atoms with Crippen molar-refractivity contribution in [3.05, 3.63) is 27.7 Å². The monoisotopic (exact) mass is 257 g/mol. The van der Waals surface area contributed by atoms with E-state index in [1.54, 1.807) is 0 Å². The highest BCUT2D eigenvalue weighted by molar-refractivity contribution is 9.10. The van der Waals surface area contributed by atoms with E-state index in [4.69, 9.17) is 0 Å². The molecule has 2 rings (SSSR count). The topological polar surface area (TPSA) is 12.9 Å². The third-order valence-electron chi connectivity index (χ3n) is 2.56. The zero-order valence-corrected chi connectivity index (χ0v) is 9.94. The Morgan fingerprint density at radius 2 is 2.14 bits per heavy atom. The molecule has 1 aromatic heterocycles. The fraction of sp³-hybridized carbons (Fsp3) is 0.545. The number of pyridine rings is 1. The molecular weight excluding hydrogens is 245 g/mol. The van der Waals surface area contributed by atoms with E-state index < -0.39 is 0 Å². The molecule has 1 aliphatic rings. The molecule has 3 heteroatoms. The predicted octanol–water partition coefficient (Wildman–Crippen LogP) is 3.98. The second-order valence-corrected chi connectivity index (χ2v) is 5.02. The molecule has 0 N–H and O–H groups in total. The molecule has 0 aliphatic heterocycles. The quantitative estimate of drug-likeness (QED) is 0.731. The Labute approximate surface area is 91.9 Å². The van der Waals surface area contributed by atoms with Crippen molar-refractivity contribution in [2.45, 2.75) is 38.5 Å². The molecule has 0 unspecified atom stereocenters. The summed E-state index contributed by atoms with van der Waals surface area (Å²) in [4.78, 5) is 4.00. The van der Waals surface area contributed by atoms with Crippen LogP contribution in [0, 0.1) is 5.95 Å². The highest BCUT2D eigenvalue weighted by atomic mass is 79.9. The van der Waals surface area contributed by atoms with Gasteiger partial charge < -0.3 is 0 Å². The van der Waals surface area contributed by atoms with Gasteiger partial charge >= 0.3 is 0 Å². The number of hydrogen-bond donors (Lipinski definition) is 0. The SMILES string of the molecule is CC(C)c1cc(Br)c(C2CC2)c(F)n1. The minimum atomic E-state index is -0.287. The van der Waals surface area contributed by atoms with Gasteiger partial charge in [0.25, 0.3) is 0 Å². The molecule has 1 nitrogen and oxygen atoms in total. The Hall–Kier alpha value is -0.440. The van der Waals surface area contributed by atoms with Gasteiger partial charge in [-0.05, 0) is 30.7 Å². The molecule has 1 heterocycles. The van der Waals surface area contributed by atoms with E-state index in [0.717, 1.165) is 28.6 Å². The van der Waals surface area contributed by atoms with Gasteiger partial charge in [-0.2, -0.15) is 4.39 Å². The fourth-order valence-corrected chi connectivity index (χ4v) is 2.27. The summed E-state index contributed by atoms with van der Waals surface area (Å²) in [5.74, 6) is 0.387. The van der Waals surface area contributed by atoms with Gasteiger partial charge in [0.1, 0.15) is 0 Å². The lowest BCUT2D eigenvalue weighted by atomic mass is 10.1. The van der Waals surface area contributed by atoms with Crippen LogP contribution in [-0.4, -0.2) is 4.98 Å². The van der Waals surface area contributed by atoms with Gasteiger partial charge in [-0.1, -0.05) is 29.8 Å². The molecule has 1 fully saturated rings. The Kier molecular flexibility index (Phi) is 2.60. The summed E-state index contributed by atoms with van der Waals surface area (Å²) in [5.41, 5.74) is 1.59. The van der Waals surface area contributed by atoms with Crippen LogP contribution < -0.4 is 0 Å². The van der Waals surface area contributed by atoms with E-state index in [9.17, 15) is 4.39 Å². The molecule has 0 saturated heterocycles. The van der Waals surface area contributed by atoms with Crippen LogP contribution in [0.5, 0.6) is 0 Å². The van der Waals surface area contributed by atoms with Gasteiger partial charge in [0.05, 0.1) is 0 Å². The maximum absolute atomic E-state index is 13.6. The maximum Gasteiger partial charge on any atom is 0.217 e. The van der Waals surface area contributed by atoms with E-state index in [1.165, 1.54) is 0 Å². The van der Waals surface area contributed by atoms with Crippen molar-refractivity contribution in [2.24, 2.45) is 0 Å². The number of nitrogens with zero attached hydrogens (tertiary/aromatic N) is 1. The minimum Gasteiger partial charge on any atom is -0.224 e. The molecule has 1 saturated carbocycles.